The van der Waals surface area contributed by atoms with Gasteiger partial charge in [0, 0.05) is 37.7 Å². The molecule has 8 heteroatoms. The lowest BCUT2D eigenvalue weighted by Crippen LogP contribution is -2.60. The SMILES string of the molecule is COCCOCC(=O)N1CC2(CC(c3noc(-c4ccccc4)n3)N(C)C2)C1. The number of hydrogen-bond acceptors (Lipinski definition) is 7. The molecule has 0 aliphatic carbocycles. The molecule has 0 bridgehead atoms. The first-order valence-electron chi connectivity index (χ1n) is 9.54. The van der Waals surface area contributed by atoms with Gasteiger partial charge in [0.25, 0.3) is 5.89 Å². The number of benzene rings is 1. The molecule has 4 rings (SSSR count). The van der Waals surface area contributed by atoms with Gasteiger partial charge in [0.15, 0.2) is 5.82 Å². The molecular weight excluding hydrogens is 360 g/mol. The van der Waals surface area contributed by atoms with E-state index >= 15 is 0 Å². The van der Waals surface area contributed by atoms with Crippen molar-refractivity contribution >= 4 is 5.91 Å². The molecule has 2 fully saturated rings. The Morgan fingerprint density at radius 2 is 2.04 bits per heavy atom. The van der Waals surface area contributed by atoms with Crippen LogP contribution >= 0.6 is 0 Å². The second kappa shape index (κ2) is 7.98. The zero-order valence-electron chi connectivity index (χ0n) is 16.3. The number of carbonyl (C=O) groups excluding carboxylic acids is 1. The summed E-state index contributed by atoms with van der Waals surface area (Å²) in [6.45, 7) is 3.48. The molecule has 0 saturated carbocycles. The average Bonchev–Trinajstić information content (AvgIpc) is 3.29. The Bertz CT molecular complexity index is 804. The van der Waals surface area contributed by atoms with Crippen molar-refractivity contribution in [1.29, 1.82) is 0 Å². The number of aromatic nitrogens is 2. The second-order valence-electron chi connectivity index (χ2n) is 7.75. The Balaban J connectivity index is 1.33. The van der Waals surface area contributed by atoms with Gasteiger partial charge in [0.05, 0.1) is 19.3 Å². The summed E-state index contributed by atoms with van der Waals surface area (Å²) < 4.78 is 15.7. The van der Waals surface area contributed by atoms with Crippen LogP contribution < -0.4 is 0 Å². The predicted octanol–water partition coefficient (Wildman–Crippen LogP) is 1.60. The predicted molar refractivity (Wildman–Crippen MR) is 101 cm³/mol. The molecular formula is C20H26N4O4. The van der Waals surface area contributed by atoms with Crippen LogP contribution in [0.25, 0.3) is 11.5 Å². The van der Waals surface area contributed by atoms with Crippen molar-refractivity contribution in [3.05, 3.63) is 36.2 Å². The highest BCUT2D eigenvalue weighted by atomic mass is 16.5. The Kier molecular flexibility index (Phi) is 5.43. The first-order valence-corrected chi connectivity index (χ1v) is 9.54. The molecule has 8 nitrogen and oxygen atoms in total. The van der Waals surface area contributed by atoms with Gasteiger partial charge in [0.2, 0.25) is 5.91 Å². The van der Waals surface area contributed by atoms with E-state index in [1.165, 1.54) is 0 Å². The molecule has 2 aliphatic rings. The van der Waals surface area contributed by atoms with Crippen LogP contribution in [-0.2, 0) is 14.3 Å². The number of methoxy groups -OCH3 is 1. The number of rotatable bonds is 7. The standard InChI is InChI=1S/C20H26N4O4/c1-23-12-20(13-24(14-20)17(25)11-27-9-8-26-2)10-16(23)18-21-19(28-22-18)15-6-4-3-5-7-15/h3-7,16H,8-14H2,1-2H3. The molecule has 1 aromatic carbocycles. The largest absolute Gasteiger partial charge is 0.382 e. The highest BCUT2D eigenvalue weighted by Crippen LogP contribution is 2.47. The molecule has 1 atom stereocenters. The Labute approximate surface area is 164 Å². The smallest absolute Gasteiger partial charge is 0.257 e. The van der Waals surface area contributed by atoms with E-state index in [1.54, 1.807) is 7.11 Å². The molecule has 1 unspecified atom stereocenters. The van der Waals surface area contributed by atoms with Crippen LogP contribution in [0.3, 0.4) is 0 Å². The summed E-state index contributed by atoms with van der Waals surface area (Å²) in [4.78, 5) is 21.0. The van der Waals surface area contributed by atoms with Crippen LogP contribution in [0.1, 0.15) is 18.3 Å². The van der Waals surface area contributed by atoms with Gasteiger partial charge in [-0.2, -0.15) is 4.98 Å². The summed E-state index contributed by atoms with van der Waals surface area (Å²) in [5.41, 5.74) is 1.03. The third-order valence-electron chi connectivity index (χ3n) is 5.57. The minimum atomic E-state index is 0.0405. The number of amides is 1. The molecule has 1 spiro atoms. The van der Waals surface area contributed by atoms with Crippen LogP contribution in [0.5, 0.6) is 0 Å². The maximum absolute atomic E-state index is 12.2. The normalized spacial score (nSPS) is 21.2. The topological polar surface area (TPSA) is 80.9 Å². The fourth-order valence-electron chi connectivity index (χ4n) is 4.19. The summed E-state index contributed by atoms with van der Waals surface area (Å²) in [6.07, 6.45) is 0.922. The molecule has 0 N–H and O–H groups in total. The Morgan fingerprint density at radius 3 is 2.79 bits per heavy atom. The summed E-state index contributed by atoms with van der Waals surface area (Å²) in [6, 6.07) is 9.89. The highest BCUT2D eigenvalue weighted by Gasteiger charge is 2.53. The van der Waals surface area contributed by atoms with E-state index < -0.39 is 0 Å². The summed E-state index contributed by atoms with van der Waals surface area (Å²) >= 11 is 0. The van der Waals surface area contributed by atoms with Gasteiger partial charge in [-0.1, -0.05) is 23.4 Å². The first-order chi connectivity index (χ1) is 13.6. The number of carbonyl (C=O) groups is 1. The van der Waals surface area contributed by atoms with E-state index in [0.717, 1.165) is 31.6 Å². The Morgan fingerprint density at radius 1 is 1.25 bits per heavy atom. The maximum Gasteiger partial charge on any atom is 0.257 e. The minimum absolute atomic E-state index is 0.0405. The average molecular weight is 386 g/mol. The zero-order chi connectivity index (χ0) is 19.6. The number of nitrogens with zero attached hydrogens (tertiary/aromatic N) is 4. The lowest BCUT2D eigenvalue weighted by atomic mass is 9.77. The quantitative estimate of drug-likeness (QED) is 0.669. The number of hydrogen-bond donors (Lipinski definition) is 0. The molecule has 2 aliphatic heterocycles. The van der Waals surface area contributed by atoms with Gasteiger partial charge in [-0.05, 0) is 25.6 Å². The van der Waals surface area contributed by atoms with Crippen molar-refractivity contribution < 1.29 is 18.8 Å². The lowest BCUT2D eigenvalue weighted by molar-refractivity contribution is -0.148. The maximum atomic E-state index is 12.2. The van der Waals surface area contributed by atoms with Crippen LogP contribution in [-0.4, -0.2) is 79.5 Å². The highest BCUT2D eigenvalue weighted by molar-refractivity contribution is 5.78. The van der Waals surface area contributed by atoms with Crippen LogP contribution in [0.15, 0.2) is 34.9 Å². The van der Waals surface area contributed by atoms with Crippen molar-refractivity contribution in [3.63, 3.8) is 0 Å². The van der Waals surface area contributed by atoms with E-state index in [0.29, 0.717) is 24.9 Å². The summed E-state index contributed by atoms with van der Waals surface area (Å²) in [5.74, 6) is 1.30. The van der Waals surface area contributed by atoms with Crippen molar-refractivity contribution in [2.45, 2.75) is 12.5 Å². The van der Waals surface area contributed by atoms with Gasteiger partial charge in [-0.3, -0.25) is 9.69 Å². The molecule has 3 heterocycles. The molecule has 1 aromatic heterocycles. The fourth-order valence-corrected chi connectivity index (χ4v) is 4.19. The summed E-state index contributed by atoms with van der Waals surface area (Å²) in [5, 5.41) is 4.22. The van der Waals surface area contributed by atoms with Crippen LogP contribution in [0.2, 0.25) is 0 Å². The van der Waals surface area contributed by atoms with Crippen LogP contribution in [0.4, 0.5) is 0 Å². The van der Waals surface area contributed by atoms with Gasteiger partial charge in [-0.15, -0.1) is 0 Å². The lowest BCUT2D eigenvalue weighted by Gasteiger charge is -2.48. The second-order valence-corrected chi connectivity index (χ2v) is 7.75. The van der Waals surface area contributed by atoms with Gasteiger partial charge in [0.1, 0.15) is 6.61 Å². The molecule has 28 heavy (non-hydrogen) atoms. The van der Waals surface area contributed by atoms with E-state index in [4.69, 9.17) is 14.0 Å². The van der Waals surface area contributed by atoms with Crippen molar-refractivity contribution in [3.8, 4) is 11.5 Å². The Hall–Kier alpha value is -2.29. The van der Waals surface area contributed by atoms with Gasteiger partial charge in [-0.25, -0.2) is 0 Å². The molecule has 150 valence electrons. The van der Waals surface area contributed by atoms with Gasteiger partial charge >= 0.3 is 0 Å². The zero-order valence-corrected chi connectivity index (χ0v) is 16.3. The van der Waals surface area contributed by atoms with Crippen molar-refractivity contribution in [2.24, 2.45) is 5.41 Å². The molecule has 1 amide bonds. The number of ether oxygens (including phenoxy) is 2. The van der Waals surface area contributed by atoms with Crippen molar-refractivity contribution in [2.75, 3.05) is 53.6 Å². The third-order valence-corrected chi connectivity index (χ3v) is 5.57. The monoisotopic (exact) mass is 386 g/mol. The van der Waals surface area contributed by atoms with E-state index in [9.17, 15) is 4.79 Å². The van der Waals surface area contributed by atoms with E-state index in [2.05, 4.69) is 22.1 Å². The van der Waals surface area contributed by atoms with Crippen LogP contribution in [0, 0.1) is 5.41 Å². The van der Waals surface area contributed by atoms with E-state index in [1.807, 2.05) is 35.2 Å². The van der Waals surface area contributed by atoms with Gasteiger partial charge < -0.3 is 18.9 Å². The summed E-state index contributed by atoms with van der Waals surface area (Å²) in [7, 11) is 3.69. The molecule has 2 aromatic rings. The molecule has 2 saturated heterocycles. The number of likely N-dealkylation sites (tertiary alicyclic amines) is 2. The minimum Gasteiger partial charge on any atom is -0.382 e. The molecule has 0 radical (unpaired) electrons. The third kappa shape index (κ3) is 3.80. The first kappa shape index (κ1) is 19.0. The van der Waals surface area contributed by atoms with Crippen molar-refractivity contribution in [1.82, 2.24) is 19.9 Å². The van der Waals surface area contributed by atoms with E-state index in [-0.39, 0.29) is 24.0 Å². The fraction of sp³-hybridized carbons (Fsp3) is 0.550.